The SMILES string of the molecule is CC1(C)C2=CC3c4ccccc4C4(CCCCC4)C3C=C2c2c(-c3cccc(C4C=CC=C(c5nc(-c6ccccc6)c6c(n5)oc5ccccc56)C4)c3)cccc21. The molecule has 2 aromatic heterocycles. The Hall–Kier alpha value is -6.06. The van der Waals surface area contributed by atoms with Crippen molar-refractivity contribution in [2.24, 2.45) is 5.92 Å². The van der Waals surface area contributed by atoms with Gasteiger partial charge in [0.25, 0.3) is 0 Å². The number of fused-ring (bicyclic) bond motifs is 11. The molecule has 2 heterocycles. The third kappa shape index (κ3) is 4.92. The second kappa shape index (κ2) is 12.7. The van der Waals surface area contributed by atoms with Gasteiger partial charge in [-0.05, 0) is 86.9 Å². The van der Waals surface area contributed by atoms with Gasteiger partial charge in [-0.2, -0.15) is 4.98 Å². The number of aromatic nitrogens is 2. The van der Waals surface area contributed by atoms with Gasteiger partial charge in [0.2, 0.25) is 5.71 Å². The van der Waals surface area contributed by atoms with E-state index in [1.165, 1.54) is 71.1 Å². The van der Waals surface area contributed by atoms with E-state index in [1.807, 2.05) is 18.2 Å². The van der Waals surface area contributed by atoms with E-state index in [9.17, 15) is 0 Å². The topological polar surface area (TPSA) is 38.9 Å². The molecule has 3 unspecified atom stereocenters. The number of hydrogen-bond acceptors (Lipinski definition) is 3. The Balaban J connectivity index is 0.919. The standard InChI is InChI=1S/C55H46N2O/c1-54(2)45-26-15-24-39(49(45)43-33-47-42(32-46(43)54)40-22-7-9-25-44(40)55(47)28-11-4-12-29-55)37-20-13-18-35(30-37)36-19-14-21-38(31-36)52-56-51(34-16-5-3-6-17-34)50-41-23-8-10-27-48(41)58-53(50)57-52/h3,5-10,13-27,30,32-33,36,42,47H,4,11-12,28-29,31H2,1-2H3. The third-order valence-corrected chi connectivity index (χ3v) is 14.6. The summed E-state index contributed by atoms with van der Waals surface area (Å²) in [6, 6.07) is 44.4. The van der Waals surface area contributed by atoms with Gasteiger partial charge in [0.1, 0.15) is 5.58 Å². The number of para-hydroxylation sites is 1. The zero-order valence-electron chi connectivity index (χ0n) is 33.2. The molecule has 1 saturated carbocycles. The van der Waals surface area contributed by atoms with Crippen molar-refractivity contribution < 1.29 is 4.42 Å². The van der Waals surface area contributed by atoms with Gasteiger partial charge in [-0.25, -0.2) is 4.98 Å². The lowest BCUT2D eigenvalue weighted by Crippen LogP contribution is -2.35. The summed E-state index contributed by atoms with van der Waals surface area (Å²) in [5.41, 5.74) is 17.8. The average molecular weight is 751 g/mol. The van der Waals surface area contributed by atoms with Gasteiger partial charge in [-0.1, -0.05) is 179 Å². The highest BCUT2D eigenvalue weighted by Gasteiger charge is 2.54. The summed E-state index contributed by atoms with van der Waals surface area (Å²) in [4.78, 5) is 10.4. The number of furan rings is 1. The van der Waals surface area contributed by atoms with E-state index < -0.39 is 0 Å². The summed E-state index contributed by atoms with van der Waals surface area (Å²) in [5.74, 6) is 1.88. The van der Waals surface area contributed by atoms with Crippen molar-refractivity contribution in [3.63, 3.8) is 0 Å². The molecule has 1 spiro atoms. The smallest absolute Gasteiger partial charge is 0.231 e. The fraction of sp³-hybridized carbons (Fsp3) is 0.236. The fourth-order valence-corrected chi connectivity index (χ4v) is 11.8. The molecule has 0 amide bonds. The summed E-state index contributed by atoms with van der Waals surface area (Å²) in [6.45, 7) is 4.90. The molecule has 0 saturated heterocycles. The summed E-state index contributed by atoms with van der Waals surface area (Å²) < 4.78 is 6.38. The molecule has 7 aromatic rings. The minimum Gasteiger partial charge on any atom is -0.438 e. The van der Waals surface area contributed by atoms with E-state index >= 15 is 0 Å². The quantitative estimate of drug-likeness (QED) is 0.180. The molecule has 0 radical (unpaired) electrons. The Bertz CT molecular complexity index is 2950. The lowest BCUT2D eigenvalue weighted by Gasteiger charge is -2.42. The molecule has 12 rings (SSSR count). The molecule has 0 aliphatic heterocycles. The van der Waals surface area contributed by atoms with Crippen molar-refractivity contribution in [3.8, 4) is 22.4 Å². The largest absolute Gasteiger partial charge is 0.438 e. The molecule has 5 aliphatic rings. The van der Waals surface area contributed by atoms with Crippen LogP contribution in [-0.2, 0) is 10.8 Å². The highest BCUT2D eigenvalue weighted by Crippen LogP contribution is 2.64. The second-order valence-corrected chi connectivity index (χ2v) is 17.9. The molecular weight excluding hydrogens is 705 g/mol. The van der Waals surface area contributed by atoms with E-state index in [4.69, 9.17) is 14.4 Å². The van der Waals surface area contributed by atoms with Crippen LogP contribution in [0.5, 0.6) is 0 Å². The van der Waals surface area contributed by atoms with Gasteiger partial charge in [0, 0.05) is 33.6 Å². The minimum absolute atomic E-state index is 0.0671. The number of nitrogens with zero attached hydrogens (tertiary/aromatic N) is 2. The molecule has 3 nitrogen and oxygen atoms in total. The van der Waals surface area contributed by atoms with E-state index in [2.05, 4.69) is 147 Å². The maximum Gasteiger partial charge on any atom is 0.231 e. The Morgan fingerprint density at radius 1 is 0.707 bits per heavy atom. The predicted molar refractivity (Wildman–Crippen MR) is 238 cm³/mol. The van der Waals surface area contributed by atoms with Crippen molar-refractivity contribution >= 4 is 33.2 Å². The maximum absolute atomic E-state index is 6.38. The van der Waals surface area contributed by atoms with Crippen molar-refractivity contribution in [1.29, 1.82) is 0 Å². The van der Waals surface area contributed by atoms with E-state index in [1.54, 1.807) is 11.1 Å². The third-order valence-electron chi connectivity index (χ3n) is 14.6. The molecule has 5 aliphatic carbocycles. The van der Waals surface area contributed by atoms with Gasteiger partial charge in [0.15, 0.2) is 5.82 Å². The molecule has 3 heteroatoms. The Morgan fingerprint density at radius 3 is 2.38 bits per heavy atom. The highest BCUT2D eigenvalue weighted by molar-refractivity contribution is 6.10. The van der Waals surface area contributed by atoms with Crippen LogP contribution >= 0.6 is 0 Å². The van der Waals surface area contributed by atoms with Gasteiger partial charge < -0.3 is 4.42 Å². The van der Waals surface area contributed by atoms with E-state index in [-0.39, 0.29) is 16.7 Å². The minimum atomic E-state index is -0.0671. The van der Waals surface area contributed by atoms with Crippen LogP contribution < -0.4 is 0 Å². The van der Waals surface area contributed by atoms with Crippen LogP contribution in [0, 0.1) is 5.92 Å². The summed E-state index contributed by atoms with van der Waals surface area (Å²) >= 11 is 0. The summed E-state index contributed by atoms with van der Waals surface area (Å²) in [6.07, 6.45) is 19.6. The summed E-state index contributed by atoms with van der Waals surface area (Å²) in [7, 11) is 0. The Kier molecular flexibility index (Phi) is 7.46. The van der Waals surface area contributed by atoms with Crippen LogP contribution in [-0.4, -0.2) is 9.97 Å². The molecule has 58 heavy (non-hydrogen) atoms. The number of rotatable bonds is 4. The molecule has 0 N–H and O–H groups in total. The molecule has 5 aromatic carbocycles. The average Bonchev–Trinajstić information content (AvgIpc) is 3.86. The first-order valence-corrected chi connectivity index (χ1v) is 21.4. The van der Waals surface area contributed by atoms with Crippen molar-refractivity contribution in [2.75, 3.05) is 0 Å². The van der Waals surface area contributed by atoms with Crippen molar-refractivity contribution in [1.82, 2.24) is 9.97 Å². The van der Waals surface area contributed by atoms with Gasteiger partial charge >= 0.3 is 0 Å². The Morgan fingerprint density at radius 2 is 1.48 bits per heavy atom. The van der Waals surface area contributed by atoms with Crippen LogP contribution in [0.25, 0.3) is 55.6 Å². The molecule has 1 fully saturated rings. The van der Waals surface area contributed by atoms with Gasteiger partial charge in [-0.3, -0.25) is 0 Å². The van der Waals surface area contributed by atoms with Crippen LogP contribution in [0.15, 0.2) is 162 Å². The van der Waals surface area contributed by atoms with Crippen molar-refractivity contribution in [3.05, 3.63) is 191 Å². The van der Waals surface area contributed by atoms with Crippen molar-refractivity contribution in [2.45, 2.75) is 75.0 Å². The second-order valence-electron chi connectivity index (χ2n) is 17.9. The van der Waals surface area contributed by atoms with Gasteiger partial charge in [0.05, 0.1) is 11.1 Å². The first-order chi connectivity index (χ1) is 28.5. The number of allylic oxidation sites excluding steroid dienone is 8. The molecule has 0 bridgehead atoms. The lowest BCUT2D eigenvalue weighted by atomic mass is 9.62. The lowest BCUT2D eigenvalue weighted by molar-refractivity contribution is 0.233. The predicted octanol–water partition coefficient (Wildman–Crippen LogP) is 14.1. The first-order valence-electron chi connectivity index (χ1n) is 21.4. The fourth-order valence-electron chi connectivity index (χ4n) is 11.8. The number of hydrogen-bond donors (Lipinski definition) is 0. The molecular formula is C55H46N2O. The number of benzene rings is 5. The van der Waals surface area contributed by atoms with E-state index in [0.29, 0.717) is 17.5 Å². The molecule has 282 valence electrons. The zero-order valence-corrected chi connectivity index (χ0v) is 33.2. The highest BCUT2D eigenvalue weighted by atomic mass is 16.3. The van der Waals surface area contributed by atoms with Crippen LogP contribution in [0.1, 0.15) is 97.8 Å². The van der Waals surface area contributed by atoms with Crippen LogP contribution in [0.4, 0.5) is 0 Å². The first kappa shape index (κ1) is 34.0. The Labute approximate surface area is 340 Å². The maximum atomic E-state index is 6.38. The zero-order chi connectivity index (χ0) is 38.6. The van der Waals surface area contributed by atoms with Crippen LogP contribution in [0.2, 0.25) is 0 Å². The molecule has 3 atom stereocenters. The summed E-state index contributed by atoms with van der Waals surface area (Å²) in [5, 5.41) is 2.01. The van der Waals surface area contributed by atoms with Crippen LogP contribution in [0.3, 0.4) is 0 Å². The normalized spacial score (nSPS) is 22.2. The monoisotopic (exact) mass is 750 g/mol. The van der Waals surface area contributed by atoms with Gasteiger partial charge in [-0.15, -0.1) is 0 Å². The van der Waals surface area contributed by atoms with E-state index in [0.717, 1.165) is 45.4 Å².